The number of benzene rings is 2. The van der Waals surface area contributed by atoms with Crippen LogP contribution >= 0.6 is 0 Å². The maximum absolute atomic E-state index is 11.8. The Morgan fingerprint density at radius 3 is 2.33 bits per heavy atom. The zero-order valence-corrected chi connectivity index (χ0v) is 13.9. The lowest BCUT2D eigenvalue weighted by molar-refractivity contribution is -0.139. The molecule has 6 nitrogen and oxygen atoms in total. The summed E-state index contributed by atoms with van der Waals surface area (Å²) in [5.74, 6) is -1.03. The van der Waals surface area contributed by atoms with E-state index in [1.807, 2.05) is 6.07 Å². The van der Waals surface area contributed by atoms with Crippen molar-refractivity contribution in [2.75, 3.05) is 0 Å². The minimum Gasteiger partial charge on any atom is -0.507 e. The predicted octanol–water partition coefficient (Wildman–Crippen LogP) is 3.07. The molecule has 0 fully saturated rings. The summed E-state index contributed by atoms with van der Waals surface area (Å²) in [5.41, 5.74) is 0.00473. The first-order valence-electron chi connectivity index (χ1n) is 7.59. The molecule has 0 spiro atoms. The molecule has 2 aromatic carbocycles. The highest BCUT2D eigenvalue weighted by molar-refractivity contribution is 5.91. The van der Waals surface area contributed by atoms with Gasteiger partial charge in [0, 0.05) is 11.8 Å². The van der Waals surface area contributed by atoms with Crippen LogP contribution in [0.3, 0.4) is 0 Å². The number of carboxylic acid groups (broad SMARTS) is 1. The first kappa shape index (κ1) is 17.6. The van der Waals surface area contributed by atoms with Crippen LogP contribution in [0.25, 0.3) is 10.8 Å². The van der Waals surface area contributed by atoms with Crippen LogP contribution < -0.4 is 5.32 Å². The number of fused-ring (bicyclic) bond motifs is 1. The molecule has 0 aliphatic carbocycles. The molecule has 1 amide bonds. The number of carboxylic acids is 1. The van der Waals surface area contributed by atoms with Crippen molar-refractivity contribution in [2.24, 2.45) is 0 Å². The van der Waals surface area contributed by atoms with Gasteiger partial charge in [-0.3, -0.25) is 0 Å². The van der Waals surface area contributed by atoms with Crippen LogP contribution in [0, 0.1) is 0 Å². The highest BCUT2D eigenvalue weighted by Gasteiger charge is 2.25. The van der Waals surface area contributed by atoms with Crippen molar-refractivity contribution in [3.8, 4) is 5.75 Å². The number of carbonyl (C=O) groups is 2. The molecule has 0 aliphatic heterocycles. The molecule has 1 atom stereocenters. The molecule has 24 heavy (non-hydrogen) atoms. The number of aromatic hydroxyl groups is 1. The quantitative estimate of drug-likeness (QED) is 0.800. The van der Waals surface area contributed by atoms with E-state index in [0.29, 0.717) is 10.9 Å². The fourth-order valence-electron chi connectivity index (χ4n) is 2.39. The van der Waals surface area contributed by atoms with Gasteiger partial charge < -0.3 is 20.3 Å². The molecule has 2 rings (SSSR count). The molecular weight excluding hydrogens is 310 g/mol. The Morgan fingerprint density at radius 2 is 1.75 bits per heavy atom. The lowest BCUT2D eigenvalue weighted by Crippen LogP contribution is -2.44. The normalized spacial score (nSPS) is 12.6. The molecule has 0 saturated heterocycles. The fraction of sp³-hybridized carbons (Fsp3) is 0.333. The third kappa shape index (κ3) is 4.38. The van der Waals surface area contributed by atoms with Crippen LogP contribution in [0.4, 0.5) is 4.79 Å². The second kappa shape index (κ2) is 6.78. The highest BCUT2D eigenvalue weighted by atomic mass is 16.6. The van der Waals surface area contributed by atoms with Crippen molar-refractivity contribution >= 4 is 22.8 Å². The Bertz CT molecular complexity index is 764. The molecule has 3 N–H and O–H groups in total. The SMILES string of the molecule is CC(C)(C)OC(=O)N[C@H](Cc1ccc(O)c2ccccc12)C(=O)O. The summed E-state index contributed by atoms with van der Waals surface area (Å²) in [7, 11) is 0. The molecule has 6 heteroatoms. The van der Waals surface area contributed by atoms with Crippen molar-refractivity contribution < 1.29 is 24.5 Å². The Morgan fingerprint density at radius 1 is 1.12 bits per heavy atom. The third-order valence-corrected chi connectivity index (χ3v) is 3.40. The van der Waals surface area contributed by atoms with Crippen molar-refractivity contribution in [1.29, 1.82) is 0 Å². The average molecular weight is 331 g/mol. The summed E-state index contributed by atoms with van der Waals surface area (Å²) < 4.78 is 5.11. The average Bonchev–Trinajstić information content (AvgIpc) is 2.47. The van der Waals surface area contributed by atoms with Crippen LogP contribution in [0.1, 0.15) is 26.3 Å². The molecule has 128 valence electrons. The molecule has 0 radical (unpaired) electrons. The van der Waals surface area contributed by atoms with E-state index in [-0.39, 0.29) is 12.2 Å². The zero-order chi connectivity index (χ0) is 17.9. The molecule has 0 bridgehead atoms. The maximum atomic E-state index is 11.8. The van der Waals surface area contributed by atoms with Crippen LogP contribution in [-0.2, 0) is 16.0 Å². The van der Waals surface area contributed by atoms with Gasteiger partial charge in [0.1, 0.15) is 17.4 Å². The van der Waals surface area contributed by atoms with Gasteiger partial charge in [-0.15, -0.1) is 0 Å². The number of aliphatic carboxylic acids is 1. The Balaban J connectivity index is 2.24. The molecule has 0 aliphatic rings. The number of hydrogen-bond donors (Lipinski definition) is 3. The van der Waals surface area contributed by atoms with Gasteiger partial charge in [0.15, 0.2) is 0 Å². The second-order valence-electron chi connectivity index (χ2n) is 6.53. The van der Waals surface area contributed by atoms with Crippen molar-refractivity contribution in [2.45, 2.75) is 38.8 Å². The van der Waals surface area contributed by atoms with Crippen LogP contribution in [0.2, 0.25) is 0 Å². The fourth-order valence-corrected chi connectivity index (χ4v) is 2.39. The van der Waals surface area contributed by atoms with E-state index in [2.05, 4.69) is 5.32 Å². The number of alkyl carbamates (subject to hydrolysis) is 1. The van der Waals surface area contributed by atoms with Gasteiger partial charge in [-0.1, -0.05) is 30.3 Å². The minimum atomic E-state index is -1.15. The first-order chi connectivity index (χ1) is 11.2. The number of rotatable bonds is 4. The van der Waals surface area contributed by atoms with Gasteiger partial charge in [0.25, 0.3) is 0 Å². The van der Waals surface area contributed by atoms with Gasteiger partial charge in [-0.2, -0.15) is 0 Å². The number of hydrogen-bond acceptors (Lipinski definition) is 4. The summed E-state index contributed by atoms with van der Waals surface area (Å²) >= 11 is 0. The Hall–Kier alpha value is -2.76. The molecule has 0 aromatic heterocycles. The number of amides is 1. The van der Waals surface area contributed by atoms with Gasteiger partial charge in [0.2, 0.25) is 0 Å². The molecule has 0 heterocycles. The van der Waals surface area contributed by atoms with Crippen LogP contribution in [0.5, 0.6) is 5.75 Å². The summed E-state index contributed by atoms with van der Waals surface area (Å²) in [6.07, 6.45) is -0.701. The van der Waals surface area contributed by atoms with Gasteiger partial charge in [0.05, 0.1) is 0 Å². The summed E-state index contributed by atoms with van der Waals surface area (Å²) in [6.45, 7) is 5.11. The Kier molecular flexibility index (Phi) is 4.97. The van der Waals surface area contributed by atoms with Crippen molar-refractivity contribution in [3.05, 3.63) is 42.0 Å². The van der Waals surface area contributed by atoms with Gasteiger partial charge in [-0.05, 0) is 37.8 Å². The predicted molar refractivity (Wildman–Crippen MR) is 90.1 cm³/mol. The van der Waals surface area contributed by atoms with Crippen LogP contribution in [-0.4, -0.2) is 33.9 Å². The first-order valence-corrected chi connectivity index (χ1v) is 7.59. The largest absolute Gasteiger partial charge is 0.507 e. The lowest BCUT2D eigenvalue weighted by Gasteiger charge is -2.22. The van der Waals surface area contributed by atoms with E-state index in [9.17, 15) is 19.8 Å². The highest BCUT2D eigenvalue weighted by Crippen LogP contribution is 2.28. The van der Waals surface area contributed by atoms with E-state index in [1.54, 1.807) is 45.0 Å². The topological polar surface area (TPSA) is 95.9 Å². The van der Waals surface area contributed by atoms with E-state index in [4.69, 9.17) is 4.74 Å². The molecule has 2 aromatic rings. The monoisotopic (exact) mass is 331 g/mol. The number of ether oxygens (including phenoxy) is 1. The number of carbonyl (C=O) groups excluding carboxylic acids is 1. The second-order valence-corrected chi connectivity index (χ2v) is 6.53. The minimum absolute atomic E-state index is 0.0787. The van der Waals surface area contributed by atoms with Crippen LogP contribution in [0.15, 0.2) is 36.4 Å². The third-order valence-electron chi connectivity index (χ3n) is 3.40. The van der Waals surface area contributed by atoms with E-state index < -0.39 is 23.7 Å². The smallest absolute Gasteiger partial charge is 0.408 e. The lowest BCUT2D eigenvalue weighted by atomic mass is 9.98. The summed E-state index contributed by atoms with van der Waals surface area (Å²) in [5, 5.41) is 23.1. The van der Waals surface area contributed by atoms with Gasteiger partial charge >= 0.3 is 12.1 Å². The number of phenols is 1. The van der Waals surface area contributed by atoms with E-state index in [1.165, 1.54) is 6.07 Å². The van der Waals surface area contributed by atoms with Gasteiger partial charge in [-0.25, -0.2) is 9.59 Å². The number of nitrogens with one attached hydrogen (secondary N) is 1. The van der Waals surface area contributed by atoms with Crippen molar-refractivity contribution in [1.82, 2.24) is 5.32 Å². The molecular formula is C18H21NO5. The standard InChI is InChI=1S/C18H21NO5/c1-18(2,3)24-17(23)19-14(16(21)22)10-11-8-9-15(20)13-7-5-4-6-12(11)13/h4-9,14,20H,10H2,1-3H3,(H,19,23)(H,21,22)/t14-/m1/s1. The number of phenolic OH excluding ortho intramolecular Hbond substituents is 1. The molecule has 0 saturated carbocycles. The summed E-state index contributed by atoms with van der Waals surface area (Å²) in [4.78, 5) is 23.3. The van der Waals surface area contributed by atoms with Crippen molar-refractivity contribution in [3.63, 3.8) is 0 Å². The zero-order valence-electron chi connectivity index (χ0n) is 13.9. The summed E-state index contributed by atoms with van der Waals surface area (Å²) in [6, 6.07) is 9.20. The maximum Gasteiger partial charge on any atom is 0.408 e. The molecule has 0 unspecified atom stereocenters. The van der Waals surface area contributed by atoms with E-state index in [0.717, 1.165) is 5.39 Å². The van der Waals surface area contributed by atoms with E-state index >= 15 is 0 Å². The Labute approximate surface area is 140 Å².